The van der Waals surface area contributed by atoms with Crippen molar-refractivity contribution in [2.75, 3.05) is 13.1 Å². The zero-order valence-electron chi connectivity index (χ0n) is 11.6. The molecule has 4 heteroatoms. The fourth-order valence-corrected chi connectivity index (χ4v) is 2.87. The third kappa shape index (κ3) is 2.96. The predicted molar refractivity (Wildman–Crippen MR) is 76.6 cm³/mol. The Morgan fingerprint density at radius 1 is 1.05 bits per heavy atom. The van der Waals surface area contributed by atoms with Crippen molar-refractivity contribution in [2.45, 2.75) is 18.6 Å². The molecule has 0 amide bonds. The van der Waals surface area contributed by atoms with Crippen molar-refractivity contribution in [2.24, 2.45) is 0 Å². The van der Waals surface area contributed by atoms with Gasteiger partial charge in [0.05, 0.1) is 0 Å². The van der Waals surface area contributed by atoms with Crippen molar-refractivity contribution in [3.05, 3.63) is 71.3 Å². The highest BCUT2D eigenvalue weighted by Gasteiger charge is 2.37. The van der Waals surface area contributed by atoms with Crippen molar-refractivity contribution < 1.29 is 13.9 Å². The minimum Gasteiger partial charge on any atom is -0.384 e. The van der Waals surface area contributed by atoms with Gasteiger partial charge in [0.15, 0.2) is 11.6 Å². The van der Waals surface area contributed by atoms with Gasteiger partial charge in [0.25, 0.3) is 0 Å². The highest BCUT2D eigenvalue weighted by atomic mass is 19.2. The monoisotopic (exact) mass is 289 g/mol. The van der Waals surface area contributed by atoms with E-state index in [1.54, 1.807) is 0 Å². The summed E-state index contributed by atoms with van der Waals surface area (Å²) in [6.45, 7) is 1.89. The molecule has 0 aliphatic carbocycles. The second kappa shape index (κ2) is 5.54. The van der Waals surface area contributed by atoms with Gasteiger partial charge in [-0.1, -0.05) is 36.4 Å². The first-order chi connectivity index (χ1) is 10.1. The van der Waals surface area contributed by atoms with E-state index < -0.39 is 17.2 Å². The summed E-state index contributed by atoms with van der Waals surface area (Å²) in [5, 5.41) is 10.7. The van der Waals surface area contributed by atoms with Crippen LogP contribution in [-0.4, -0.2) is 23.1 Å². The zero-order chi connectivity index (χ0) is 14.9. The summed E-state index contributed by atoms with van der Waals surface area (Å²) in [5.41, 5.74) is 0.507. The number of hydrogen-bond donors (Lipinski definition) is 1. The van der Waals surface area contributed by atoms with E-state index >= 15 is 0 Å². The number of hydrogen-bond acceptors (Lipinski definition) is 2. The Balaban J connectivity index is 1.74. The second-order valence-corrected chi connectivity index (χ2v) is 5.61. The van der Waals surface area contributed by atoms with Gasteiger partial charge in [-0.3, -0.25) is 4.90 Å². The van der Waals surface area contributed by atoms with Crippen LogP contribution in [0.1, 0.15) is 17.5 Å². The molecule has 0 saturated carbocycles. The average Bonchev–Trinajstić information content (AvgIpc) is 2.85. The average molecular weight is 289 g/mol. The van der Waals surface area contributed by atoms with Gasteiger partial charge in [-0.25, -0.2) is 8.78 Å². The summed E-state index contributed by atoms with van der Waals surface area (Å²) in [6.07, 6.45) is 0.519. The smallest absolute Gasteiger partial charge is 0.159 e. The molecule has 1 aliphatic heterocycles. The lowest BCUT2D eigenvalue weighted by Gasteiger charge is -2.24. The molecule has 1 aliphatic rings. The van der Waals surface area contributed by atoms with Crippen LogP contribution in [0, 0.1) is 11.6 Å². The fourth-order valence-electron chi connectivity index (χ4n) is 2.87. The summed E-state index contributed by atoms with van der Waals surface area (Å²) < 4.78 is 26.4. The van der Waals surface area contributed by atoms with Crippen LogP contribution in [-0.2, 0) is 12.1 Å². The number of aliphatic hydroxyl groups is 1. The van der Waals surface area contributed by atoms with Crippen molar-refractivity contribution in [1.82, 2.24) is 4.90 Å². The Bertz CT molecular complexity index is 632. The van der Waals surface area contributed by atoms with Crippen molar-refractivity contribution in [3.63, 3.8) is 0 Å². The van der Waals surface area contributed by atoms with Crippen LogP contribution >= 0.6 is 0 Å². The summed E-state index contributed by atoms with van der Waals surface area (Å²) in [6, 6.07) is 13.6. The maximum Gasteiger partial charge on any atom is 0.159 e. The highest BCUT2D eigenvalue weighted by molar-refractivity contribution is 5.26. The number of benzene rings is 2. The molecule has 1 N–H and O–H groups in total. The summed E-state index contributed by atoms with van der Waals surface area (Å²) in [7, 11) is 0. The molecule has 0 spiro atoms. The molecule has 0 bridgehead atoms. The standard InChI is InChI=1S/C17H17F2NO/c18-15-7-6-14(10-16(15)19)17(21)8-9-20(12-17)11-13-4-2-1-3-5-13/h1-7,10,21H,8-9,11-12H2. The quantitative estimate of drug-likeness (QED) is 0.938. The SMILES string of the molecule is OC1(c2ccc(F)c(F)c2)CCN(Cc2ccccc2)C1. The van der Waals surface area contributed by atoms with Crippen LogP contribution in [0.3, 0.4) is 0 Å². The van der Waals surface area contributed by atoms with Gasteiger partial charge in [0, 0.05) is 19.6 Å². The van der Waals surface area contributed by atoms with E-state index in [0.29, 0.717) is 18.5 Å². The van der Waals surface area contributed by atoms with Gasteiger partial charge in [-0.15, -0.1) is 0 Å². The predicted octanol–water partition coefficient (Wildman–Crippen LogP) is 3.06. The summed E-state index contributed by atoms with van der Waals surface area (Å²) >= 11 is 0. The van der Waals surface area contributed by atoms with Gasteiger partial charge in [0.1, 0.15) is 5.60 Å². The Morgan fingerprint density at radius 2 is 1.81 bits per heavy atom. The topological polar surface area (TPSA) is 23.5 Å². The molecule has 21 heavy (non-hydrogen) atoms. The van der Waals surface area contributed by atoms with Gasteiger partial charge in [-0.2, -0.15) is 0 Å². The third-order valence-electron chi connectivity index (χ3n) is 4.03. The molecule has 0 aromatic heterocycles. The number of β-amino-alcohol motifs (C(OH)–C–C–N with tert-alkyl or cyclic N) is 1. The van der Waals surface area contributed by atoms with Gasteiger partial charge < -0.3 is 5.11 Å². The first-order valence-electron chi connectivity index (χ1n) is 7.01. The molecular weight excluding hydrogens is 272 g/mol. The Morgan fingerprint density at radius 3 is 2.52 bits per heavy atom. The number of halogens is 2. The maximum absolute atomic E-state index is 13.3. The second-order valence-electron chi connectivity index (χ2n) is 5.61. The van der Waals surface area contributed by atoms with E-state index in [0.717, 1.165) is 25.2 Å². The molecule has 1 saturated heterocycles. The molecule has 2 aromatic carbocycles. The first-order valence-corrected chi connectivity index (χ1v) is 7.01. The molecule has 0 radical (unpaired) electrons. The van der Waals surface area contributed by atoms with Gasteiger partial charge >= 0.3 is 0 Å². The van der Waals surface area contributed by atoms with Crippen LogP contribution in [0.15, 0.2) is 48.5 Å². The summed E-state index contributed by atoms with van der Waals surface area (Å²) in [5.74, 6) is -1.80. The normalized spacial score (nSPS) is 22.6. The summed E-state index contributed by atoms with van der Waals surface area (Å²) in [4.78, 5) is 2.12. The van der Waals surface area contributed by atoms with Crippen molar-refractivity contribution in [3.8, 4) is 0 Å². The molecule has 2 aromatic rings. The molecular formula is C17H17F2NO. The number of nitrogens with zero attached hydrogens (tertiary/aromatic N) is 1. The van der Waals surface area contributed by atoms with E-state index in [4.69, 9.17) is 0 Å². The first kappa shape index (κ1) is 14.2. The minimum atomic E-state index is -1.11. The van der Waals surface area contributed by atoms with E-state index in [1.165, 1.54) is 11.6 Å². The molecule has 1 atom stereocenters. The van der Waals surface area contributed by atoms with Crippen LogP contribution in [0.5, 0.6) is 0 Å². The van der Waals surface area contributed by atoms with Gasteiger partial charge in [-0.05, 0) is 29.7 Å². The van der Waals surface area contributed by atoms with Crippen LogP contribution in [0.2, 0.25) is 0 Å². The number of likely N-dealkylation sites (tertiary alicyclic amines) is 1. The lowest BCUT2D eigenvalue weighted by molar-refractivity contribution is 0.0449. The van der Waals surface area contributed by atoms with E-state index in [2.05, 4.69) is 4.90 Å². The van der Waals surface area contributed by atoms with Crippen LogP contribution in [0.25, 0.3) is 0 Å². The largest absolute Gasteiger partial charge is 0.384 e. The lowest BCUT2D eigenvalue weighted by atomic mass is 9.93. The Hall–Kier alpha value is -1.78. The van der Waals surface area contributed by atoms with Crippen molar-refractivity contribution >= 4 is 0 Å². The van der Waals surface area contributed by atoms with Crippen LogP contribution in [0.4, 0.5) is 8.78 Å². The molecule has 1 fully saturated rings. The van der Waals surface area contributed by atoms with Crippen LogP contribution < -0.4 is 0 Å². The van der Waals surface area contributed by atoms with Gasteiger partial charge in [0.2, 0.25) is 0 Å². The van der Waals surface area contributed by atoms with E-state index in [9.17, 15) is 13.9 Å². The third-order valence-corrected chi connectivity index (χ3v) is 4.03. The fraction of sp³-hybridized carbons (Fsp3) is 0.294. The van der Waals surface area contributed by atoms with Crippen molar-refractivity contribution in [1.29, 1.82) is 0 Å². The molecule has 3 rings (SSSR count). The maximum atomic E-state index is 13.3. The van der Waals surface area contributed by atoms with E-state index in [-0.39, 0.29) is 0 Å². The Labute approximate surface area is 122 Å². The molecule has 110 valence electrons. The zero-order valence-corrected chi connectivity index (χ0v) is 11.6. The minimum absolute atomic E-state index is 0.424. The molecule has 1 unspecified atom stereocenters. The lowest BCUT2D eigenvalue weighted by Crippen LogP contribution is -2.30. The Kier molecular flexibility index (Phi) is 3.74. The van der Waals surface area contributed by atoms with E-state index in [1.807, 2.05) is 30.3 Å². The highest BCUT2D eigenvalue weighted by Crippen LogP contribution is 2.33. The number of rotatable bonds is 3. The molecule has 2 nitrogen and oxygen atoms in total. The molecule has 1 heterocycles.